The van der Waals surface area contributed by atoms with E-state index in [1.165, 1.54) is 0 Å². The zero-order valence-corrected chi connectivity index (χ0v) is 23.7. The fourth-order valence-electron chi connectivity index (χ4n) is 3.79. The van der Waals surface area contributed by atoms with E-state index < -0.39 is 19.9 Å². The maximum atomic E-state index is 12.0. The van der Waals surface area contributed by atoms with Crippen molar-refractivity contribution in [3.63, 3.8) is 0 Å². The highest BCUT2D eigenvalue weighted by Crippen LogP contribution is 2.44. The molecule has 0 bridgehead atoms. The lowest BCUT2D eigenvalue weighted by Gasteiger charge is -2.13. The Hall–Kier alpha value is -4.12. The number of carbonyl (C=O) groups excluding carboxylic acids is 1. The number of aromatic amines is 2. The molecule has 1 aliphatic heterocycles. The van der Waals surface area contributed by atoms with Gasteiger partial charge in [0.05, 0.1) is 13.2 Å². The molecule has 4 aromatic rings. The average Bonchev–Trinajstić information content (AvgIpc) is 3.78. The van der Waals surface area contributed by atoms with Gasteiger partial charge in [-0.1, -0.05) is 60.7 Å². The van der Waals surface area contributed by atoms with Gasteiger partial charge < -0.3 is 34.2 Å². The van der Waals surface area contributed by atoms with Crippen molar-refractivity contribution in [2.24, 2.45) is 0 Å². The number of ether oxygens (including phenoxy) is 3. The predicted molar refractivity (Wildman–Crippen MR) is 152 cm³/mol. The minimum Gasteiger partial charge on any atom is -0.485 e. The van der Waals surface area contributed by atoms with Crippen LogP contribution in [0.5, 0.6) is 0 Å². The number of phosphoric acid groups is 1. The summed E-state index contributed by atoms with van der Waals surface area (Å²) < 4.78 is 38.1. The lowest BCUT2D eigenvalue weighted by molar-refractivity contribution is -0.143. The highest BCUT2D eigenvalue weighted by atomic mass is 31.2. The Morgan fingerprint density at radius 3 is 1.74 bits per heavy atom. The van der Waals surface area contributed by atoms with Gasteiger partial charge in [0.15, 0.2) is 11.9 Å². The van der Waals surface area contributed by atoms with Gasteiger partial charge in [0.1, 0.15) is 13.2 Å². The number of hydrogen-bond donors (Lipinski definition) is 4. The normalized spacial score (nSPS) is 14.7. The summed E-state index contributed by atoms with van der Waals surface area (Å²) in [6, 6.07) is 22.1. The number of cyclic esters (lactones) is 1. The van der Waals surface area contributed by atoms with Gasteiger partial charge in [-0.15, -0.1) is 0 Å². The molecule has 0 saturated carbocycles. The summed E-state index contributed by atoms with van der Waals surface area (Å²) in [7, 11) is -4.02. The molecule has 1 aliphatic rings. The fraction of sp³-hybridized carbons (Fsp3) is 0.233. The van der Waals surface area contributed by atoms with Gasteiger partial charge in [0, 0.05) is 48.9 Å². The lowest BCUT2D eigenvalue weighted by Crippen LogP contribution is -2.15. The fourth-order valence-corrected chi connectivity index (χ4v) is 4.49. The van der Waals surface area contributed by atoms with Crippen molar-refractivity contribution in [3.8, 4) is 0 Å². The second kappa shape index (κ2) is 15.8. The minimum absolute atomic E-state index is 0.0450. The Kier molecular flexibility index (Phi) is 11.6. The van der Waals surface area contributed by atoms with Crippen LogP contribution < -0.4 is 0 Å². The molecule has 3 heterocycles. The number of aliphatic hydroxyl groups excluding tert-OH is 1. The number of carbonyl (C=O) groups is 1. The highest BCUT2D eigenvalue weighted by molar-refractivity contribution is 7.47. The summed E-state index contributed by atoms with van der Waals surface area (Å²) in [5.74, 6) is -0.163. The molecule has 0 radical (unpaired) electrons. The number of rotatable bonds is 14. The second-order valence-corrected chi connectivity index (χ2v) is 10.6. The molecule has 5 rings (SSSR count). The first-order valence-corrected chi connectivity index (χ1v) is 14.7. The lowest BCUT2D eigenvalue weighted by atomic mass is 10.2. The molecule has 1 atom stereocenters. The number of aliphatic hydroxyl groups is 1. The molecule has 0 fully saturated rings. The minimum atomic E-state index is -4.02. The summed E-state index contributed by atoms with van der Waals surface area (Å²) in [4.78, 5) is 27.4. The number of H-pyrrole nitrogens is 2. The van der Waals surface area contributed by atoms with Crippen LogP contribution in [0, 0.1) is 0 Å². The molecule has 42 heavy (non-hydrogen) atoms. The third kappa shape index (κ3) is 9.76. The number of phosphoric ester groups is 1. The number of hydrogen-bond acceptors (Lipinski definition) is 8. The number of esters is 1. The van der Waals surface area contributed by atoms with Crippen LogP contribution in [0.25, 0.3) is 0 Å². The van der Waals surface area contributed by atoms with Crippen molar-refractivity contribution < 1.29 is 42.6 Å². The summed E-state index contributed by atoms with van der Waals surface area (Å²) in [5.41, 5.74) is 3.48. The van der Waals surface area contributed by atoms with Crippen LogP contribution in [0.15, 0.2) is 109 Å². The predicted octanol–water partition coefficient (Wildman–Crippen LogP) is 5.12. The number of aromatic nitrogens is 2. The maximum Gasteiger partial charge on any atom is 0.472 e. The zero-order valence-electron chi connectivity index (χ0n) is 22.8. The first-order chi connectivity index (χ1) is 20.4. The summed E-state index contributed by atoms with van der Waals surface area (Å²) >= 11 is 0. The average molecular weight is 597 g/mol. The molecular weight excluding hydrogens is 563 g/mol. The topological polar surface area (TPSA) is 152 Å². The van der Waals surface area contributed by atoms with Crippen LogP contribution in [0.4, 0.5) is 0 Å². The van der Waals surface area contributed by atoms with E-state index in [-0.39, 0.29) is 45.2 Å². The molecule has 0 saturated heterocycles. The molecule has 2 aromatic heterocycles. The van der Waals surface area contributed by atoms with Crippen LogP contribution in [0.1, 0.15) is 28.7 Å². The van der Waals surface area contributed by atoms with Crippen LogP contribution in [-0.2, 0) is 59.0 Å². The highest BCUT2D eigenvalue weighted by Gasteiger charge is 2.37. The summed E-state index contributed by atoms with van der Waals surface area (Å²) in [5, 5.41) is 9.13. The largest absolute Gasteiger partial charge is 0.485 e. The number of benzene rings is 2. The van der Waals surface area contributed by atoms with Gasteiger partial charge in [-0.05, 0) is 23.3 Å². The van der Waals surface area contributed by atoms with E-state index in [0.717, 1.165) is 22.3 Å². The Bertz CT molecular complexity index is 1380. The SMILES string of the molecule is O=C1OC(CCO)C(OCc2cc[nH]c2)=C1OCc1cc[nH]c1.O=P(O)(OCc1ccccc1)OCc1ccccc1. The molecule has 222 valence electrons. The van der Waals surface area contributed by atoms with E-state index in [4.69, 9.17) is 28.4 Å². The third-order valence-corrected chi connectivity index (χ3v) is 6.83. The van der Waals surface area contributed by atoms with Crippen LogP contribution in [0.2, 0.25) is 0 Å². The Labute approximate surface area is 243 Å². The van der Waals surface area contributed by atoms with Crippen molar-refractivity contribution in [2.45, 2.75) is 39.0 Å². The van der Waals surface area contributed by atoms with Crippen LogP contribution in [-0.4, -0.2) is 38.6 Å². The van der Waals surface area contributed by atoms with Crippen LogP contribution >= 0.6 is 7.82 Å². The van der Waals surface area contributed by atoms with Crippen molar-refractivity contribution in [2.75, 3.05) is 6.61 Å². The molecule has 11 nitrogen and oxygen atoms in total. The van der Waals surface area contributed by atoms with E-state index in [0.29, 0.717) is 5.76 Å². The van der Waals surface area contributed by atoms with Crippen molar-refractivity contribution in [1.29, 1.82) is 0 Å². The van der Waals surface area contributed by atoms with Gasteiger partial charge in [0.2, 0.25) is 5.76 Å². The van der Waals surface area contributed by atoms with E-state index in [1.807, 2.05) is 72.8 Å². The zero-order chi connectivity index (χ0) is 29.6. The molecule has 4 N–H and O–H groups in total. The van der Waals surface area contributed by atoms with Crippen molar-refractivity contribution in [3.05, 3.63) is 131 Å². The molecule has 1 unspecified atom stereocenters. The molecule has 0 spiro atoms. The Morgan fingerprint density at radius 1 is 0.738 bits per heavy atom. The van der Waals surface area contributed by atoms with Gasteiger partial charge >= 0.3 is 13.8 Å². The van der Waals surface area contributed by atoms with E-state index >= 15 is 0 Å². The Balaban J connectivity index is 0.000000197. The first kappa shape index (κ1) is 30.8. The maximum absolute atomic E-state index is 12.0. The standard InChI is InChI=1S/C16H18N2O5.C14H15O4P/c19-6-3-13-14(21-9-11-1-4-17-7-11)15(16(20)23-13)22-10-12-2-5-18-8-12;15-19(16,17-11-13-7-3-1-4-8-13)18-12-14-9-5-2-6-10-14/h1-2,4-5,7-8,13,17-19H,3,6,9-10H2;1-10H,11-12H2,(H,15,16). The molecular formula is C30H33N2O9P. The Morgan fingerprint density at radius 2 is 1.26 bits per heavy atom. The van der Waals surface area contributed by atoms with Crippen molar-refractivity contribution in [1.82, 2.24) is 9.97 Å². The smallest absolute Gasteiger partial charge is 0.472 e. The molecule has 12 heteroatoms. The summed E-state index contributed by atoms with van der Waals surface area (Å²) in [6.45, 7) is 0.498. The van der Waals surface area contributed by atoms with Gasteiger partial charge in [0.25, 0.3) is 0 Å². The van der Waals surface area contributed by atoms with Crippen molar-refractivity contribution >= 4 is 13.8 Å². The quantitative estimate of drug-likeness (QED) is 0.115. The summed E-state index contributed by atoms with van der Waals surface area (Å²) in [6.07, 6.45) is 6.81. The van der Waals surface area contributed by atoms with E-state index in [1.54, 1.807) is 24.8 Å². The molecule has 2 aromatic carbocycles. The van der Waals surface area contributed by atoms with Crippen LogP contribution in [0.3, 0.4) is 0 Å². The monoisotopic (exact) mass is 596 g/mol. The molecule has 0 amide bonds. The van der Waals surface area contributed by atoms with Gasteiger partial charge in [-0.2, -0.15) is 0 Å². The first-order valence-electron chi connectivity index (χ1n) is 13.2. The van der Waals surface area contributed by atoms with Gasteiger partial charge in [-0.25, -0.2) is 9.36 Å². The van der Waals surface area contributed by atoms with E-state index in [9.17, 15) is 14.3 Å². The van der Waals surface area contributed by atoms with Gasteiger partial charge in [-0.3, -0.25) is 9.05 Å². The number of nitrogens with one attached hydrogen (secondary N) is 2. The second-order valence-electron chi connectivity index (χ2n) is 9.10. The third-order valence-electron chi connectivity index (χ3n) is 5.92. The molecule has 0 aliphatic carbocycles. The van der Waals surface area contributed by atoms with E-state index in [2.05, 4.69) is 9.97 Å².